The minimum atomic E-state index is -0.0457. The maximum absolute atomic E-state index is 12.4. The number of nitrogens with zero attached hydrogens (tertiary/aromatic N) is 3. The van der Waals surface area contributed by atoms with Crippen LogP contribution >= 0.6 is 11.3 Å². The fraction of sp³-hybridized carbons (Fsp3) is 0.471. The molecule has 2 aromatic rings. The van der Waals surface area contributed by atoms with Gasteiger partial charge in [0.05, 0.1) is 6.54 Å². The van der Waals surface area contributed by atoms with Crippen molar-refractivity contribution in [2.75, 3.05) is 25.5 Å². The quantitative estimate of drug-likeness (QED) is 0.871. The highest BCUT2D eigenvalue weighted by Gasteiger charge is 2.28. The Hall–Kier alpha value is -1.83. The zero-order valence-electron chi connectivity index (χ0n) is 14.0. The van der Waals surface area contributed by atoms with Crippen molar-refractivity contribution in [3.63, 3.8) is 0 Å². The SMILES string of the molecule is COCc1nnc(NC(=O)CN2CCC[C@@H]2c2ccccc2C)s1. The van der Waals surface area contributed by atoms with Crippen molar-refractivity contribution < 1.29 is 9.53 Å². The molecule has 0 bridgehead atoms. The third-order valence-electron chi connectivity index (χ3n) is 4.24. The van der Waals surface area contributed by atoms with Gasteiger partial charge in [-0.15, -0.1) is 10.2 Å². The van der Waals surface area contributed by atoms with Crippen LogP contribution in [0.2, 0.25) is 0 Å². The van der Waals surface area contributed by atoms with Crippen molar-refractivity contribution in [2.45, 2.75) is 32.4 Å². The number of carbonyl (C=O) groups is 1. The van der Waals surface area contributed by atoms with E-state index in [0.29, 0.717) is 24.3 Å². The molecule has 1 amide bonds. The van der Waals surface area contributed by atoms with E-state index in [-0.39, 0.29) is 5.91 Å². The van der Waals surface area contributed by atoms with E-state index in [4.69, 9.17) is 4.74 Å². The summed E-state index contributed by atoms with van der Waals surface area (Å²) in [5.74, 6) is -0.0457. The zero-order valence-corrected chi connectivity index (χ0v) is 14.8. The highest BCUT2D eigenvalue weighted by atomic mass is 32.1. The molecule has 2 heterocycles. The highest BCUT2D eigenvalue weighted by molar-refractivity contribution is 7.15. The third-order valence-corrected chi connectivity index (χ3v) is 5.05. The molecule has 7 heteroatoms. The van der Waals surface area contributed by atoms with Gasteiger partial charge >= 0.3 is 0 Å². The molecule has 24 heavy (non-hydrogen) atoms. The largest absolute Gasteiger partial charge is 0.377 e. The minimum absolute atomic E-state index is 0.0457. The number of hydrogen-bond donors (Lipinski definition) is 1. The number of likely N-dealkylation sites (tertiary alicyclic amines) is 1. The zero-order chi connectivity index (χ0) is 16.9. The van der Waals surface area contributed by atoms with Crippen molar-refractivity contribution in [3.8, 4) is 0 Å². The first-order valence-electron chi connectivity index (χ1n) is 8.08. The smallest absolute Gasteiger partial charge is 0.240 e. The molecule has 1 aromatic heterocycles. The molecule has 1 aromatic carbocycles. The maximum atomic E-state index is 12.4. The number of carbonyl (C=O) groups excluding carboxylic acids is 1. The lowest BCUT2D eigenvalue weighted by atomic mass is 9.99. The second-order valence-corrected chi connectivity index (χ2v) is 7.03. The van der Waals surface area contributed by atoms with Gasteiger partial charge in [-0.3, -0.25) is 15.0 Å². The van der Waals surface area contributed by atoms with Gasteiger partial charge in [0.1, 0.15) is 11.6 Å². The lowest BCUT2D eigenvalue weighted by Crippen LogP contribution is -2.33. The van der Waals surface area contributed by atoms with Crippen LogP contribution in [0.5, 0.6) is 0 Å². The van der Waals surface area contributed by atoms with Crippen molar-refractivity contribution in [3.05, 3.63) is 40.4 Å². The molecular formula is C17H22N4O2S. The van der Waals surface area contributed by atoms with Crippen LogP contribution in [-0.4, -0.2) is 41.2 Å². The summed E-state index contributed by atoms with van der Waals surface area (Å²) >= 11 is 1.35. The molecule has 1 saturated heterocycles. The first-order chi connectivity index (χ1) is 11.7. The van der Waals surface area contributed by atoms with Gasteiger partial charge in [0, 0.05) is 13.2 Å². The molecule has 128 valence electrons. The number of hydrogen-bond acceptors (Lipinski definition) is 6. The van der Waals surface area contributed by atoms with Crippen molar-refractivity contribution >= 4 is 22.4 Å². The average Bonchev–Trinajstić information content (AvgIpc) is 3.18. The number of ether oxygens (including phenoxy) is 1. The summed E-state index contributed by atoms with van der Waals surface area (Å²) in [7, 11) is 1.61. The Morgan fingerprint density at radius 3 is 3.04 bits per heavy atom. The van der Waals surface area contributed by atoms with Gasteiger partial charge in [0.15, 0.2) is 0 Å². The van der Waals surface area contributed by atoms with Gasteiger partial charge in [-0.1, -0.05) is 35.6 Å². The van der Waals surface area contributed by atoms with E-state index in [1.807, 2.05) is 0 Å². The number of anilines is 1. The fourth-order valence-electron chi connectivity index (χ4n) is 3.16. The predicted molar refractivity (Wildman–Crippen MR) is 94.0 cm³/mol. The van der Waals surface area contributed by atoms with Gasteiger partial charge in [-0.05, 0) is 37.4 Å². The second kappa shape index (κ2) is 7.83. The van der Waals surface area contributed by atoms with Gasteiger partial charge in [0.25, 0.3) is 0 Å². The van der Waals surface area contributed by atoms with Crippen LogP contribution < -0.4 is 5.32 Å². The molecule has 1 aliphatic rings. The molecule has 6 nitrogen and oxygen atoms in total. The third kappa shape index (κ3) is 3.98. The number of nitrogens with one attached hydrogen (secondary N) is 1. The minimum Gasteiger partial charge on any atom is -0.377 e. The molecule has 1 atom stereocenters. The molecule has 0 spiro atoms. The molecule has 3 rings (SSSR count). The summed E-state index contributed by atoms with van der Waals surface area (Å²) < 4.78 is 5.02. The van der Waals surface area contributed by atoms with Gasteiger partial charge < -0.3 is 4.74 Å². The van der Waals surface area contributed by atoms with E-state index in [9.17, 15) is 4.79 Å². The molecule has 0 unspecified atom stereocenters. The number of methoxy groups -OCH3 is 1. The van der Waals surface area contributed by atoms with Crippen LogP contribution in [0.3, 0.4) is 0 Å². The molecule has 0 saturated carbocycles. The van der Waals surface area contributed by atoms with Crippen LogP contribution in [0, 0.1) is 6.92 Å². The molecular weight excluding hydrogens is 324 g/mol. The van der Waals surface area contributed by atoms with E-state index in [2.05, 4.69) is 51.6 Å². The van der Waals surface area contributed by atoms with E-state index in [1.165, 1.54) is 22.5 Å². The summed E-state index contributed by atoms with van der Waals surface area (Å²) in [5, 5.41) is 12.1. The van der Waals surface area contributed by atoms with Gasteiger partial charge in [-0.25, -0.2) is 0 Å². The second-order valence-electron chi connectivity index (χ2n) is 5.97. The highest BCUT2D eigenvalue weighted by Crippen LogP contribution is 2.33. The van der Waals surface area contributed by atoms with E-state index in [1.54, 1.807) is 7.11 Å². The summed E-state index contributed by atoms with van der Waals surface area (Å²) in [6.07, 6.45) is 2.21. The average molecular weight is 346 g/mol. The standard InChI is InChI=1S/C17H22N4O2S/c1-12-6-3-4-7-13(12)14-8-5-9-21(14)10-15(22)18-17-20-19-16(24-17)11-23-2/h3-4,6-7,14H,5,8-11H2,1-2H3,(H,18,20,22)/t14-/m1/s1. The summed E-state index contributed by atoms with van der Waals surface area (Å²) in [5.41, 5.74) is 2.60. The van der Waals surface area contributed by atoms with Crippen LogP contribution in [-0.2, 0) is 16.1 Å². The Morgan fingerprint density at radius 2 is 2.25 bits per heavy atom. The topological polar surface area (TPSA) is 67.4 Å². The normalized spacial score (nSPS) is 18.0. The Kier molecular flexibility index (Phi) is 5.55. The van der Waals surface area contributed by atoms with Crippen LogP contribution in [0.4, 0.5) is 5.13 Å². The number of amides is 1. The lowest BCUT2D eigenvalue weighted by molar-refractivity contribution is -0.117. The molecule has 1 N–H and O–H groups in total. The molecule has 1 aliphatic heterocycles. The first-order valence-corrected chi connectivity index (χ1v) is 8.90. The number of aromatic nitrogens is 2. The van der Waals surface area contributed by atoms with Crippen molar-refractivity contribution in [2.24, 2.45) is 0 Å². The molecule has 0 aliphatic carbocycles. The van der Waals surface area contributed by atoms with Crippen LogP contribution in [0.1, 0.15) is 35.0 Å². The number of rotatable bonds is 6. The van der Waals surface area contributed by atoms with Gasteiger partial charge in [0.2, 0.25) is 11.0 Å². The van der Waals surface area contributed by atoms with Crippen LogP contribution in [0.25, 0.3) is 0 Å². The number of benzene rings is 1. The summed E-state index contributed by atoms with van der Waals surface area (Å²) in [6.45, 7) is 3.86. The Labute approximate surface area is 145 Å². The van der Waals surface area contributed by atoms with E-state index < -0.39 is 0 Å². The van der Waals surface area contributed by atoms with Crippen molar-refractivity contribution in [1.29, 1.82) is 0 Å². The molecule has 0 radical (unpaired) electrons. The fourth-order valence-corrected chi connectivity index (χ4v) is 3.89. The summed E-state index contributed by atoms with van der Waals surface area (Å²) in [4.78, 5) is 14.6. The van der Waals surface area contributed by atoms with Crippen molar-refractivity contribution in [1.82, 2.24) is 15.1 Å². The Bertz CT molecular complexity index is 703. The van der Waals surface area contributed by atoms with E-state index in [0.717, 1.165) is 24.4 Å². The number of aryl methyl sites for hydroxylation is 1. The van der Waals surface area contributed by atoms with Gasteiger partial charge in [-0.2, -0.15) is 0 Å². The molecule has 1 fully saturated rings. The monoisotopic (exact) mass is 346 g/mol. The Morgan fingerprint density at radius 1 is 1.42 bits per heavy atom. The van der Waals surface area contributed by atoms with E-state index >= 15 is 0 Å². The lowest BCUT2D eigenvalue weighted by Gasteiger charge is -2.25. The predicted octanol–water partition coefficient (Wildman–Crippen LogP) is 2.77. The Balaban J connectivity index is 1.61. The van der Waals surface area contributed by atoms with Crippen LogP contribution in [0.15, 0.2) is 24.3 Å². The summed E-state index contributed by atoms with van der Waals surface area (Å²) in [6, 6.07) is 8.73. The maximum Gasteiger partial charge on any atom is 0.240 e. The first kappa shape index (κ1) is 17.0.